The van der Waals surface area contributed by atoms with Crippen LogP contribution in [0.5, 0.6) is 0 Å². The lowest BCUT2D eigenvalue weighted by Crippen LogP contribution is -2.10. The van der Waals surface area contributed by atoms with E-state index in [9.17, 15) is 9.90 Å². The first-order valence-electron chi connectivity index (χ1n) is 6.32. The molecule has 1 amide bonds. The van der Waals surface area contributed by atoms with Gasteiger partial charge < -0.3 is 15.4 Å². The van der Waals surface area contributed by atoms with Gasteiger partial charge in [-0.25, -0.2) is 0 Å². The van der Waals surface area contributed by atoms with E-state index in [1.165, 1.54) is 5.56 Å². The van der Waals surface area contributed by atoms with E-state index in [1.807, 2.05) is 6.20 Å². The van der Waals surface area contributed by atoms with Gasteiger partial charge in [0, 0.05) is 30.9 Å². The van der Waals surface area contributed by atoms with Crippen molar-refractivity contribution in [1.29, 1.82) is 0 Å². The van der Waals surface area contributed by atoms with Gasteiger partial charge in [0.05, 0.1) is 6.10 Å². The van der Waals surface area contributed by atoms with Gasteiger partial charge in [-0.15, -0.1) is 0 Å². The topological polar surface area (TPSA) is 68.2 Å². The van der Waals surface area contributed by atoms with E-state index < -0.39 is 0 Å². The fourth-order valence-electron chi connectivity index (χ4n) is 2.45. The number of hydrogen-bond acceptors (Lipinski definition) is 2. The molecule has 0 fully saturated rings. The Balaban J connectivity index is 1.87. The molecule has 1 heterocycles. The van der Waals surface area contributed by atoms with Gasteiger partial charge in [-0.05, 0) is 37.7 Å². The van der Waals surface area contributed by atoms with Gasteiger partial charge in [0.2, 0.25) is 5.91 Å². The SMILES string of the molecule is NC(=O)CCCCn1cc2c(c1)C(O)CCC2. The van der Waals surface area contributed by atoms with Crippen molar-refractivity contribution in [3.63, 3.8) is 0 Å². The van der Waals surface area contributed by atoms with E-state index in [-0.39, 0.29) is 12.0 Å². The summed E-state index contributed by atoms with van der Waals surface area (Å²) < 4.78 is 2.13. The summed E-state index contributed by atoms with van der Waals surface area (Å²) in [5.74, 6) is -0.229. The molecule has 17 heavy (non-hydrogen) atoms. The Hall–Kier alpha value is -1.29. The third-order valence-corrected chi connectivity index (χ3v) is 3.37. The number of fused-ring (bicyclic) bond motifs is 1. The molecule has 1 aromatic rings. The van der Waals surface area contributed by atoms with Crippen LogP contribution in [0.1, 0.15) is 49.3 Å². The lowest BCUT2D eigenvalue weighted by Gasteiger charge is -2.16. The minimum absolute atomic E-state index is 0.229. The highest BCUT2D eigenvalue weighted by molar-refractivity contribution is 5.73. The number of amides is 1. The highest BCUT2D eigenvalue weighted by Gasteiger charge is 2.19. The average Bonchev–Trinajstić information content (AvgIpc) is 2.69. The number of primary amides is 1. The highest BCUT2D eigenvalue weighted by Crippen LogP contribution is 2.30. The molecule has 1 aliphatic carbocycles. The van der Waals surface area contributed by atoms with Gasteiger partial charge in [-0.2, -0.15) is 0 Å². The maximum Gasteiger partial charge on any atom is 0.217 e. The van der Waals surface area contributed by atoms with Gasteiger partial charge in [0.15, 0.2) is 0 Å². The molecular weight excluding hydrogens is 216 g/mol. The van der Waals surface area contributed by atoms with Crippen LogP contribution in [0, 0.1) is 0 Å². The predicted molar refractivity (Wildman–Crippen MR) is 65.4 cm³/mol. The molecule has 2 rings (SSSR count). The van der Waals surface area contributed by atoms with Crippen molar-refractivity contribution < 1.29 is 9.90 Å². The molecule has 1 aromatic heterocycles. The van der Waals surface area contributed by atoms with Crippen LogP contribution in [0.2, 0.25) is 0 Å². The number of aromatic nitrogens is 1. The van der Waals surface area contributed by atoms with E-state index >= 15 is 0 Å². The van der Waals surface area contributed by atoms with Crippen LogP contribution in [0.3, 0.4) is 0 Å². The third-order valence-electron chi connectivity index (χ3n) is 3.37. The summed E-state index contributed by atoms with van der Waals surface area (Å²) in [6.07, 6.45) is 9.15. The molecule has 3 N–H and O–H groups in total. The second kappa shape index (κ2) is 5.36. The number of unbranched alkanes of at least 4 members (excludes halogenated alkanes) is 1. The minimum atomic E-state index is -0.286. The van der Waals surface area contributed by atoms with E-state index in [1.54, 1.807) is 0 Å². The summed E-state index contributed by atoms with van der Waals surface area (Å²) in [5.41, 5.74) is 7.46. The molecule has 0 saturated heterocycles. The van der Waals surface area contributed by atoms with E-state index in [0.717, 1.165) is 44.2 Å². The van der Waals surface area contributed by atoms with Crippen LogP contribution in [0.4, 0.5) is 0 Å². The van der Waals surface area contributed by atoms with Crippen LogP contribution < -0.4 is 5.73 Å². The minimum Gasteiger partial charge on any atom is -0.388 e. The van der Waals surface area contributed by atoms with E-state index in [2.05, 4.69) is 10.8 Å². The fourth-order valence-corrected chi connectivity index (χ4v) is 2.45. The molecule has 1 aliphatic rings. The second-order valence-electron chi connectivity index (χ2n) is 4.81. The molecule has 0 radical (unpaired) electrons. The average molecular weight is 236 g/mol. The number of hydrogen-bond donors (Lipinski definition) is 2. The van der Waals surface area contributed by atoms with Crippen LogP contribution >= 0.6 is 0 Å². The number of nitrogens with two attached hydrogens (primary N) is 1. The fraction of sp³-hybridized carbons (Fsp3) is 0.615. The summed E-state index contributed by atoms with van der Waals surface area (Å²) in [6.45, 7) is 0.896. The third kappa shape index (κ3) is 3.09. The summed E-state index contributed by atoms with van der Waals surface area (Å²) in [7, 11) is 0. The number of nitrogens with zero attached hydrogens (tertiary/aromatic N) is 1. The maximum absolute atomic E-state index is 10.6. The summed E-state index contributed by atoms with van der Waals surface area (Å²) in [4.78, 5) is 10.6. The summed E-state index contributed by atoms with van der Waals surface area (Å²) in [5, 5.41) is 9.84. The van der Waals surface area contributed by atoms with Crippen molar-refractivity contribution in [3.05, 3.63) is 23.5 Å². The molecular formula is C13H20N2O2. The molecule has 1 atom stereocenters. The molecule has 4 nitrogen and oxygen atoms in total. The normalized spacial score (nSPS) is 19.0. The zero-order valence-electron chi connectivity index (χ0n) is 10.1. The predicted octanol–water partition coefficient (Wildman–Crippen LogP) is 1.51. The zero-order chi connectivity index (χ0) is 12.3. The van der Waals surface area contributed by atoms with Crippen molar-refractivity contribution in [2.45, 2.75) is 51.2 Å². The number of rotatable bonds is 5. The highest BCUT2D eigenvalue weighted by atomic mass is 16.3. The monoisotopic (exact) mass is 236 g/mol. The van der Waals surface area contributed by atoms with Crippen molar-refractivity contribution in [3.8, 4) is 0 Å². The lowest BCUT2D eigenvalue weighted by molar-refractivity contribution is -0.118. The number of aliphatic hydroxyl groups excluding tert-OH is 1. The molecule has 4 heteroatoms. The Labute approximate surface area is 101 Å². The molecule has 0 aliphatic heterocycles. The van der Waals surface area contributed by atoms with Crippen LogP contribution in [0.25, 0.3) is 0 Å². The number of carbonyl (C=O) groups excluding carboxylic acids is 1. The number of aryl methyl sites for hydroxylation is 2. The zero-order valence-corrected chi connectivity index (χ0v) is 10.1. The van der Waals surface area contributed by atoms with Crippen LogP contribution in [0.15, 0.2) is 12.4 Å². The maximum atomic E-state index is 10.6. The van der Waals surface area contributed by atoms with Gasteiger partial charge in [0.25, 0.3) is 0 Å². The van der Waals surface area contributed by atoms with Crippen LogP contribution in [-0.4, -0.2) is 15.6 Å². The van der Waals surface area contributed by atoms with Gasteiger partial charge in [-0.3, -0.25) is 4.79 Å². The van der Waals surface area contributed by atoms with Gasteiger partial charge in [0.1, 0.15) is 0 Å². The largest absolute Gasteiger partial charge is 0.388 e. The smallest absolute Gasteiger partial charge is 0.217 e. The molecule has 1 unspecified atom stereocenters. The Bertz CT molecular complexity index is 398. The summed E-state index contributed by atoms with van der Waals surface area (Å²) in [6, 6.07) is 0. The summed E-state index contributed by atoms with van der Waals surface area (Å²) >= 11 is 0. The first-order valence-corrected chi connectivity index (χ1v) is 6.32. The van der Waals surface area contributed by atoms with Crippen molar-refractivity contribution in [1.82, 2.24) is 4.57 Å². The first kappa shape index (κ1) is 12.2. The van der Waals surface area contributed by atoms with Crippen molar-refractivity contribution >= 4 is 5.91 Å². The number of carbonyl (C=O) groups is 1. The number of aliphatic hydroxyl groups is 1. The Morgan fingerprint density at radius 2 is 2.29 bits per heavy atom. The molecule has 0 saturated carbocycles. The van der Waals surface area contributed by atoms with E-state index in [0.29, 0.717) is 6.42 Å². The Morgan fingerprint density at radius 3 is 3.00 bits per heavy atom. The second-order valence-corrected chi connectivity index (χ2v) is 4.81. The van der Waals surface area contributed by atoms with Gasteiger partial charge >= 0.3 is 0 Å². The van der Waals surface area contributed by atoms with Crippen LogP contribution in [-0.2, 0) is 17.8 Å². The first-order chi connectivity index (χ1) is 8.16. The van der Waals surface area contributed by atoms with Crippen molar-refractivity contribution in [2.24, 2.45) is 5.73 Å². The quantitative estimate of drug-likeness (QED) is 0.761. The molecule has 0 spiro atoms. The molecule has 94 valence electrons. The van der Waals surface area contributed by atoms with E-state index in [4.69, 9.17) is 5.73 Å². The Morgan fingerprint density at radius 1 is 1.47 bits per heavy atom. The van der Waals surface area contributed by atoms with Crippen molar-refractivity contribution in [2.75, 3.05) is 0 Å². The molecule has 0 aromatic carbocycles. The van der Waals surface area contributed by atoms with Gasteiger partial charge in [-0.1, -0.05) is 0 Å². The molecule has 0 bridgehead atoms. The lowest BCUT2D eigenvalue weighted by atomic mass is 9.93. The Kier molecular flexibility index (Phi) is 3.84. The standard InChI is InChI=1S/C13H20N2O2/c14-13(17)6-1-2-7-15-8-10-4-3-5-12(16)11(10)9-15/h8-9,12,16H,1-7H2,(H2,14,17).